The van der Waals surface area contributed by atoms with Crippen molar-refractivity contribution >= 4 is 18.4 Å². The normalized spacial score (nSPS) is 8.20. The van der Waals surface area contributed by atoms with Gasteiger partial charge < -0.3 is 5.32 Å². The van der Waals surface area contributed by atoms with E-state index in [2.05, 4.69) is 15.3 Å². The molecule has 1 rings (SSSR count). The summed E-state index contributed by atoms with van der Waals surface area (Å²) in [6.45, 7) is 0. The van der Waals surface area contributed by atoms with Crippen LogP contribution in [0.15, 0.2) is 12.4 Å². The molecule has 0 saturated heterocycles. The van der Waals surface area contributed by atoms with Crippen LogP contribution in [0, 0.1) is 5.82 Å². The van der Waals surface area contributed by atoms with Crippen molar-refractivity contribution in [3.63, 3.8) is 0 Å². The van der Waals surface area contributed by atoms with Gasteiger partial charge in [-0.25, -0.2) is 14.4 Å². The van der Waals surface area contributed by atoms with Crippen LogP contribution in [-0.4, -0.2) is 17.0 Å². The molecule has 0 unspecified atom stereocenters. The van der Waals surface area contributed by atoms with Gasteiger partial charge in [0.05, 0.1) is 12.4 Å². The lowest BCUT2D eigenvalue weighted by atomic mass is 10.6. The Morgan fingerprint density at radius 2 is 1.90 bits per heavy atom. The number of nitrogens with zero attached hydrogens (tertiary/aromatic N) is 2. The Morgan fingerprint density at radius 3 is 2.30 bits per heavy atom. The molecule has 0 fully saturated rings. The van der Waals surface area contributed by atoms with Crippen molar-refractivity contribution in [3.8, 4) is 0 Å². The topological polar surface area (TPSA) is 37.8 Å². The fourth-order valence-corrected chi connectivity index (χ4v) is 0.441. The predicted molar refractivity (Wildman–Crippen MR) is 38.8 cm³/mol. The van der Waals surface area contributed by atoms with E-state index >= 15 is 0 Å². The second-order valence-corrected chi connectivity index (χ2v) is 1.47. The van der Waals surface area contributed by atoms with Crippen LogP contribution in [0.4, 0.5) is 10.3 Å². The number of nitrogens with one attached hydrogen (secondary N) is 1. The van der Waals surface area contributed by atoms with Crippen LogP contribution in [0.25, 0.3) is 0 Å². The Balaban J connectivity index is 0.000000810. The third-order valence-electron chi connectivity index (χ3n) is 0.844. The third kappa shape index (κ3) is 2.14. The third-order valence-corrected chi connectivity index (χ3v) is 0.844. The Bertz CT molecular complexity index is 189. The SMILES string of the molecule is CNc1ncc(F)cn1.Cl. The Labute approximate surface area is 64.1 Å². The Kier molecular flexibility index (Phi) is 3.64. The molecule has 10 heavy (non-hydrogen) atoms. The summed E-state index contributed by atoms with van der Waals surface area (Å²) in [6, 6.07) is 0. The first-order valence-electron chi connectivity index (χ1n) is 2.48. The number of aromatic nitrogens is 2. The van der Waals surface area contributed by atoms with Gasteiger partial charge in [0.1, 0.15) is 0 Å². The van der Waals surface area contributed by atoms with Crippen molar-refractivity contribution < 1.29 is 4.39 Å². The quantitative estimate of drug-likeness (QED) is 0.673. The minimum Gasteiger partial charge on any atom is -0.357 e. The smallest absolute Gasteiger partial charge is 0.222 e. The fourth-order valence-electron chi connectivity index (χ4n) is 0.441. The number of rotatable bonds is 1. The summed E-state index contributed by atoms with van der Waals surface area (Å²) in [6.07, 6.45) is 2.22. The van der Waals surface area contributed by atoms with Gasteiger partial charge in [-0.05, 0) is 0 Å². The van der Waals surface area contributed by atoms with Crippen LogP contribution in [0.2, 0.25) is 0 Å². The average Bonchev–Trinajstić information content (AvgIpc) is 1.90. The van der Waals surface area contributed by atoms with Gasteiger partial charge in [0.2, 0.25) is 5.95 Å². The molecular weight excluding hydrogens is 157 g/mol. The van der Waals surface area contributed by atoms with Crippen molar-refractivity contribution in [2.24, 2.45) is 0 Å². The molecule has 0 aromatic carbocycles. The standard InChI is InChI=1S/C5H6FN3.ClH/c1-7-5-8-2-4(6)3-9-5;/h2-3H,1H3,(H,7,8,9);1H. The van der Waals surface area contributed by atoms with Gasteiger partial charge in [-0.3, -0.25) is 0 Å². The van der Waals surface area contributed by atoms with E-state index in [1.165, 1.54) is 0 Å². The first kappa shape index (κ1) is 9.10. The highest BCUT2D eigenvalue weighted by molar-refractivity contribution is 5.85. The highest BCUT2D eigenvalue weighted by Gasteiger charge is 1.90. The Hall–Kier alpha value is -0.900. The van der Waals surface area contributed by atoms with E-state index in [1.807, 2.05) is 0 Å². The molecule has 56 valence electrons. The first-order chi connectivity index (χ1) is 4.33. The molecule has 0 aliphatic rings. The minimum absolute atomic E-state index is 0. The summed E-state index contributed by atoms with van der Waals surface area (Å²) in [7, 11) is 1.67. The summed E-state index contributed by atoms with van der Waals surface area (Å²) in [4.78, 5) is 7.20. The lowest BCUT2D eigenvalue weighted by Gasteiger charge is -1.93. The molecule has 1 aromatic heterocycles. The monoisotopic (exact) mass is 163 g/mol. The van der Waals surface area contributed by atoms with Crippen LogP contribution in [0.5, 0.6) is 0 Å². The van der Waals surface area contributed by atoms with Crippen LogP contribution >= 0.6 is 12.4 Å². The van der Waals surface area contributed by atoms with Gasteiger partial charge in [-0.2, -0.15) is 0 Å². The zero-order valence-electron chi connectivity index (χ0n) is 5.34. The second-order valence-electron chi connectivity index (χ2n) is 1.47. The summed E-state index contributed by atoms with van der Waals surface area (Å²) < 4.78 is 12.1. The largest absolute Gasteiger partial charge is 0.357 e. The lowest BCUT2D eigenvalue weighted by molar-refractivity contribution is 0.614. The van der Waals surface area contributed by atoms with E-state index in [4.69, 9.17) is 0 Å². The maximum atomic E-state index is 12.1. The van der Waals surface area contributed by atoms with Crippen molar-refractivity contribution in [2.75, 3.05) is 12.4 Å². The summed E-state index contributed by atoms with van der Waals surface area (Å²) >= 11 is 0. The highest BCUT2D eigenvalue weighted by Crippen LogP contribution is 1.95. The molecule has 0 aliphatic heterocycles. The van der Waals surface area contributed by atoms with E-state index in [-0.39, 0.29) is 12.4 Å². The van der Waals surface area contributed by atoms with E-state index in [1.54, 1.807) is 7.05 Å². The molecule has 1 heterocycles. The van der Waals surface area contributed by atoms with Gasteiger partial charge >= 0.3 is 0 Å². The van der Waals surface area contributed by atoms with Crippen molar-refractivity contribution in [1.82, 2.24) is 9.97 Å². The summed E-state index contributed by atoms with van der Waals surface area (Å²) in [5, 5.41) is 2.67. The van der Waals surface area contributed by atoms with E-state index in [0.717, 1.165) is 12.4 Å². The first-order valence-corrected chi connectivity index (χ1v) is 2.48. The van der Waals surface area contributed by atoms with E-state index < -0.39 is 5.82 Å². The second kappa shape index (κ2) is 4.00. The van der Waals surface area contributed by atoms with Crippen molar-refractivity contribution in [1.29, 1.82) is 0 Å². The zero-order chi connectivity index (χ0) is 6.69. The van der Waals surface area contributed by atoms with Gasteiger partial charge in [-0.15, -0.1) is 12.4 Å². The molecule has 0 spiro atoms. The summed E-state index contributed by atoms with van der Waals surface area (Å²) in [5.74, 6) is 0.00500. The maximum absolute atomic E-state index is 12.1. The summed E-state index contributed by atoms with van der Waals surface area (Å²) in [5.41, 5.74) is 0. The van der Waals surface area contributed by atoms with Crippen LogP contribution in [0.1, 0.15) is 0 Å². The van der Waals surface area contributed by atoms with Crippen molar-refractivity contribution in [2.45, 2.75) is 0 Å². The van der Waals surface area contributed by atoms with Gasteiger partial charge in [0, 0.05) is 7.05 Å². The van der Waals surface area contributed by atoms with Crippen LogP contribution < -0.4 is 5.32 Å². The van der Waals surface area contributed by atoms with Gasteiger partial charge in [-0.1, -0.05) is 0 Å². The molecule has 5 heteroatoms. The number of anilines is 1. The van der Waals surface area contributed by atoms with E-state index in [0.29, 0.717) is 5.95 Å². The number of hydrogen-bond donors (Lipinski definition) is 1. The van der Waals surface area contributed by atoms with Crippen LogP contribution in [0.3, 0.4) is 0 Å². The number of hydrogen-bond acceptors (Lipinski definition) is 3. The molecule has 0 aliphatic carbocycles. The molecule has 0 bridgehead atoms. The van der Waals surface area contributed by atoms with Crippen LogP contribution in [-0.2, 0) is 0 Å². The molecular formula is C5H7ClFN3. The minimum atomic E-state index is -0.422. The van der Waals surface area contributed by atoms with Gasteiger partial charge in [0.25, 0.3) is 0 Å². The fraction of sp³-hybridized carbons (Fsp3) is 0.200. The maximum Gasteiger partial charge on any atom is 0.222 e. The molecule has 0 saturated carbocycles. The molecule has 0 radical (unpaired) electrons. The van der Waals surface area contributed by atoms with Crippen molar-refractivity contribution in [3.05, 3.63) is 18.2 Å². The predicted octanol–water partition coefficient (Wildman–Crippen LogP) is 1.08. The molecule has 0 atom stereocenters. The lowest BCUT2D eigenvalue weighted by Crippen LogP contribution is -1.94. The Morgan fingerprint density at radius 1 is 1.40 bits per heavy atom. The average molecular weight is 164 g/mol. The molecule has 0 amide bonds. The number of halogens is 2. The van der Waals surface area contributed by atoms with E-state index in [9.17, 15) is 4.39 Å². The molecule has 1 N–H and O–H groups in total. The highest BCUT2D eigenvalue weighted by atomic mass is 35.5. The zero-order valence-corrected chi connectivity index (χ0v) is 6.15. The molecule has 3 nitrogen and oxygen atoms in total. The molecule has 1 aromatic rings. The van der Waals surface area contributed by atoms with Gasteiger partial charge in [0.15, 0.2) is 5.82 Å².